The molecule has 4 rings (SSSR count). The molecule has 2 aromatic heterocycles. The number of likely N-dealkylation sites (N-methyl/N-ethyl adjacent to an activating group) is 1. The van der Waals surface area contributed by atoms with Gasteiger partial charge in [-0.25, -0.2) is 4.79 Å². The number of ether oxygens (including phenoxy) is 1. The maximum Gasteiger partial charge on any atom is 0.332 e. The zero-order valence-electron chi connectivity index (χ0n) is 22.6. The lowest BCUT2D eigenvalue weighted by atomic mass is 10.1. The van der Waals surface area contributed by atoms with Gasteiger partial charge in [0.2, 0.25) is 5.95 Å². The highest BCUT2D eigenvalue weighted by atomic mass is 16.5. The predicted octanol–water partition coefficient (Wildman–Crippen LogP) is 0.798. The highest BCUT2D eigenvalue weighted by molar-refractivity contribution is 5.98. The lowest BCUT2D eigenvalue weighted by Gasteiger charge is -2.31. The molecule has 3 N–H and O–H groups in total. The molecular formula is C27H35N7O5. The van der Waals surface area contributed by atoms with E-state index in [2.05, 4.69) is 5.32 Å². The quantitative estimate of drug-likeness (QED) is 0.285. The predicted molar refractivity (Wildman–Crippen MR) is 148 cm³/mol. The Morgan fingerprint density at radius 2 is 2.00 bits per heavy atom. The first-order valence-electron chi connectivity index (χ1n) is 13.1. The average molecular weight is 538 g/mol. The maximum atomic E-state index is 13.8. The summed E-state index contributed by atoms with van der Waals surface area (Å²) in [6, 6.07) is 6.42. The number of para-hydroxylation sites is 1. The van der Waals surface area contributed by atoms with Gasteiger partial charge in [-0.15, -0.1) is 0 Å². The number of nitrogens with one attached hydrogen (secondary N) is 1. The van der Waals surface area contributed by atoms with Crippen LogP contribution in [0.4, 0.5) is 5.95 Å². The molecule has 3 heterocycles. The smallest absolute Gasteiger partial charge is 0.332 e. The zero-order chi connectivity index (χ0) is 28.1. The van der Waals surface area contributed by atoms with Crippen LogP contribution in [0.1, 0.15) is 37.0 Å². The molecule has 1 atom stereocenters. The molecule has 1 aliphatic rings. The fraction of sp³-hybridized carbons (Fsp3) is 0.444. The number of nitrogens with zero attached hydrogens (tertiary/aromatic N) is 5. The fourth-order valence-electron chi connectivity index (χ4n) is 4.76. The molecule has 1 unspecified atom stereocenters. The number of carbonyl (C=O) groups is 2. The Hall–Kier alpha value is -4.19. The van der Waals surface area contributed by atoms with E-state index in [0.717, 1.165) is 24.0 Å². The highest BCUT2D eigenvalue weighted by Gasteiger charge is 2.27. The molecule has 39 heavy (non-hydrogen) atoms. The first-order valence-corrected chi connectivity index (χ1v) is 13.1. The Kier molecular flexibility index (Phi) is 8.65. The van der Waals surface area contributed by atoms with Crippen LogP contribution in [0.5, 0.6) is 5.75 Å². The van der Waals surface area contributed by atoms with Crippen molar-refractivity contribution >= 4 is 28.8 Å². The molecule has 1 saturated heterocycles. The van der Waals surface area contributed by atoms with Crippen LogP contribution < -0.4 is 31.9 Å². The Balaban J connectivity index is 1.75. The minimum atomic E-state index is -0.654. The van der Waals surface area contributed by atoms with E-state index in [9.17, 15) is 19.2 Å². The number of aromatic nitrogens is 4. The number of hydrogen-bond acceptors (Lipinski definition) is 8. The second-order valence-corrected chi connectivity index (χ2v) is 9.51. The SMILES string of the molecule is CC=CCn1c(N2CCCC(N)C2)nc2c1c(=O)n(CC(=O)c1ccccc1OCC(=O)NCC)c(=O)n2C. The number of rotatable bonds is 10. The summed E-state index contributed by atoms with van der Waals surface area (Å²) in [6.45, 7) is 5.06. The minimum Gasteiger partial charge on any atom is -0.483 e. The summed E-state index contributed by atoms with van der Waals surface area (Å²) >= 11 is 0. The fourth-order valence-corrected chi connectivity index (χ4v) is 4.76. The molecule has 0 spiro atoms. The van der Waals surface area contributed by atoms with Crippen molar-refractivity contribution in [1.29, 1.82) is 0 Å². The average Bonchev–Trinajstić information content (AvgIpc) is 3.32. The van der Waals surface area contributed by atoms with E-state index >= 15 is 0 Å². The lowest BCUT2D eigenvalue weighted by molar-refractivity contribution is -0.123. The number of imidazole rings is 1. The molecule has 0 aliphatic carbocycles. The van der Waals surface area contributed by atoms with Crippen molar-refractivity contribution < 1.29 is 14.3 Å². The summed E-state index contributed by atoms with van der Waals surface area (Å²) in [5.74, 6) is -0.0583. The summed E-state index contributed by atoms with van der Waals surface area (Å²) in [6.07, 6.45) is 5.58. The molecule has 208 valence electrons. The van der Waals surface area contributed by atoms with Crippen LogP contribution in [0, 0.1) is 0 Å². The first-order chi connectivity index (χ1) is 18.8. The molecule has 12 heteroatoms. The Morgan fingerprint density at radius 3 is 2.72 bits per heavy atom. The molecule has 0 bridgehead atoms. The van der Waals surface area contributed by atoms with E-state index < -0.39 is 23.6 Å². The van der Waals surface area contributed by atoms with Crippen LogP contribution in [-0.4, -0.2) is 62.7 Å². The number of piperidine rings is 1. The molecule has 3 aromatic rings. The largest absolute Gasteiger partial charge is 0.483 e. The van der Waals surface area contributed by atoms with Gasteiger partial charge in [-0.1, -0.05) is 24.3 Å². The van der Waals surface area contributed by atoms with Gasteiger partial charge in [0.05, 0.1) is 12.1 Å². The zero-order valence-corrected chi connectivity index (χ0v) is 22.6. The van der Waals surface area contributed by atoms with Crippen LogP contribution in [0.25, 0.3) is 11.2 Å². The summed E-state index contributed by atoms with van der Waals surface area (Å²) in [5.41, 5.74) is 5.60. The summed E-state index contributed by atoms with van der Waals surface area (Å²) in [4.78, 5) is 59.0. The number of allylic oxidation sites excluding steroid dienone is 2. The monoisotopic (exact) mass is 537 g/mol. The lowest BCUT2D eigenvalue weighted by Crippen LogP contribution is -2.44. The summed E-state index contributed by atoms with van der Waals surface area (Å²) in [5, 5.41) is 2.63. The van der Waals surface area contributed by atoms with Crippen LogP contribution in [0.15, 0.2) is 46.0 Å². The third kappa shape index (κ3) is 5.80. The van der Waals surface area contributed by atoms with E-state index in [1.807, 2.05) is 24.0 Å². The van der Waals surface area contributed by atoms with Crippen molar-refractivity contribution in [2.45, 2.75) is 45.8 Å². The molecule has 1 aliphatic heterocycles. The summed E-state index contributed by atoms with van der Waals surface area (Å²) in [7, 11) is 1.53. The van der Waals surface area contributed by atoms with Crippen LogP contribution in [0.3, 0.4) is 0 Å². The number of nitrogens with two attached hydrogens (primary N) is 1. The van der Waals surface area contributed by atoms with Crippen LogP contribution in [0.2, 0.25) is 0 Å². The number of Topliss-reactive ketones (excluding diaryl/α,β-unsaturated/α-hetero) is 1. The first kappa shape index (κ1) is 27.8. The number of anilines is 1. The molecule has 12 nitrogen and oxygen atoms in total. The van der Waals surface area contributed by atoms with Gasteiger partial charge in [0.1, 0.15) is 5.75 Å². The van der Waals surface area contributed by atoms with Gasteiger partial charge in [-0.2, -0.15) is 4.98 Å². The molecule has 0 radical (unpaired) electrons. The van der Waals surface area contributed by atoms with Gasteiger partial charge < -0.3 is 25.3 Å². The van der Waals surface area contributed by atoms with E-state index in [1.165, 1.54) is 17.7 Å². The highest BCUT2D eigenvalue weighted by Crippen LogP contribution is 2.23. The van der Waals surface area contributed by atoms with Crippen molar-refractivity contribution in [2.24, 2.45) is 12.8 Å². The van der Waals surface area contributed by atoms with E-state index in [-0.39, 0.29) is 41.0 Å². The van der Waals surface area contributed by atoms with Gasteiger partial charge >= 0.3 is 5.69 Å². The van der Waals surface area contributed by atoms with E-state index in [4.69, 9.17) is 15.5 Å². The number of aryl methyl sites for hydroxylation is 1. The standard InChI is InChI=1S/C27H35N7O5/c1-4-6-14-33-23-24(30-26(33)32-13-9-10-18(28)15-32)31(3)27(38)34(25(23)37)16-20(35)19-11-7-8-12-21(19)39-17-22(36)29-5-2/h4,6-8,11-12,18H,5,9-10,13-17,28H2,1-3H3,(H,29,36). The van der Waals surface area contributed by atoms with Crippen LogP contribution in [-0.2, 0) is 24.9 Å². The van der Waals surface area contributed by atoms with Crippen molar-refractivity contribution in [3.05, 3.63) is 62.8 Å². The number of hydrogen-bond donors (Lipinski definition) is 2. The Bertz CT molecular complexity index is 1520. The van der Waals surface area contributed by atoms with Crippen molar-refractivity contribution in [1.82, 2.24) is 24.0 Å². The molecular weight excluding hydrogens is 502 g/mol. The van der Waals surface area contributed by atoms with Crippen LogP contribution >= 0.6 is 0 Å². The Morgan fingerprint density at radius 1 is 1.23 bits per heavy atom. The van der Waals surface area contributed by atoms with Gasteiger partial charge in [0.25, 0.3) is 11.5 Å². The van der Waals surface area contributed by atoms with Crippen molar-refractivity contribution in [3.8, 4) is 5.75 Å². The topological polar surface area (TPSA) is 146 Å². The number of ketones is 1. The Labute approximate surface area is 225 Å². The maximum absolute atomic E-state index is 13.8. The number of carbonyl (C=O) groups excluding carboxylic acids is 2. The van der Waals surface area contributed by atoms with Gasteiger partial charge in [0.15, 0.2) is 23.6 Å². The van der Waals surface area contributed by atoms with E-state index in [1.54, 1.807) is 29.7 Å². The second kappa shape index (κ2) is 12.1. The molecule has 1 aromatic carbocycles. The van der Waals surface area contributed by atoms with Gasteiger partial charge in [0, 0.05) is 39.3 Å². The number of benzene rings is 1. The molecule has 0 saturated carbocycles. The second-order valence-electron chi connectivity index (χ2n) is 9.51. The molecule has 1 fully saturated rings. The number of fused-ring (bicyclic) bond motifs is 1. The van der Waals surface area contributed by atoms with E-state index in [0.29, 0.717) is 25.6 Å². The summed E-state index contributed by atoms with van der Waals surface area (Å²) < 4.78 is 9.56. The third-order valence-corrected chi connectivity index (χ3v) is 6.70. The van der Waals surface area contributed by atoms with Crippen molar-refractivity contribution in [3.63, 3.8) is 0 Å². The third-order valence-electron chi connectivity index (χ3n) is 6.70. The normalized spacial score (nSPS) is 15.7. The number of amides is 1. The minimum absolute atomic E-state index is 0.0119. The van der Waals surface area contributed by atoms with Crippen molar-refractivity contribution in [2.75, 3.05) is 31.1 Å². The molecule has 1 amide bonds. The van der Waals surface area contributed by atoms with Gasteiger partial charge in [-0.3, -0.25) is 23.5 Å². The van der Waals surface area contributed by atoms with Gasteiger partial charge in [-0.05, 0) is 38.8 Å².